The Balaban J connectivity index is 1.61. The number of rotatable bonds is 4. The van der Waals surface area contributed by atoms with E-state index < -0.39 is 23.1 Å². The summed E-state index contributed by atoms with van der Waals surface area (Å²) in [6.45, 7) is 1.79. The van der Waals surface area contributed by atoms with Gasteiger partial charge in [0.15, 0.2) is 0 Å². The number of H-pyrrole nitrogens is 1. The van der Waals surface area contributed by atoms with Crippen molar-refractivity contribution in [2.24, 2.45) is 11.8 Å². The van der Waals surface area contributed by atoms with Gasteiger partial charge in [-0.15, -0.1) is 0 Å². The molecule has 2 unspecified atom stereocenters. The number of anilines is 1. The van der Waals surface area contributed by atoms with E-state index in [1.54, 1.807) is 31.2 Å². The molecule has 4 rings (SSSR count). The Morgan fingerprint density at radius 2 is 2.09 bits per heavy atom. The van der Waals surface area contributed by atoms with E-state index in [9.17, 15) is 23.6 Å². The molecule has 0 bridgehead atoms. The van der Waals surface area contributed by atoms with Gasteiger partial charge < -0.3 is 10.6 Å². The maximum Gasteiger partial charge on any atom is 0.349 e. The fourth-order valence-corrected chi connectivity index (χ4v) is 3.77. The number of carbonyl (C=O) groups excluding carboxylic acids is 2. The normalized spacial score (nSPS) is 20.2. The van der Waals surface area contributed by atoms with E-state index in [0.717, 1.165) is 16.4 Å². The zero-order valence-corrected chi connectivity index (χ0v) is 17.1. The first kappa shape index (κ1) is 21.2. The zero-order chi connectivity index (χ0) is 22.8. The minimum absolute atomic E-state index is 0.111. The number of nitrogens with one attached hydrogen (secondary N) is 3. The van der Waals surface area contributed by atoms with E-state index in [4.69, 9.17) is 0 Å². The molecular weight excluding hydrogens is 417 g/mol. The van der Waals surface area contributed by atoms with Crippen molar-refractivity contribution in [1.82, 2.24) is 20.1 Å². The number of nitrogens with zero attached hydrogens (tertiary/aromatic N) is 2. The van der Waals surface area contributed by atoms with Crippen LogP contribution >= 0.6 is 0 Å². The average Bonchev–Trinajstić information content (AvgIpc) is 2.76. The van der Waals surface area contributed by atoms with Crippen molar-refractivity contribution in [3.8, 4) is 5.69 Å². The number of halogens is 1. The van der Waals surface area contributed by atoms with Crippen LogP contribution in [0.15, 0.2) is 69.8 Å². The molecule has 1 aliphatic carbocycles. The predicted octanol–water partition coefficient (Wildman–Crippen LogP) is 1.62. The lowest BCUT2D eigenvalue weighted by Gasteiger charge is -2.29. The number of benzene rings is 1. The second kappa shape index (κ2) is 8.58. The molecule has 3 N–H and O–H groups in total. The maximum absolute atomic E-state index is 13.4. The zero-order valence-electron chi connectivity index (χ0n) is 17.1. The SMILES string of the molecule is Cc1ccc(-n2ncc(=O)[nH]c2=O)cc1NC(=O)C1=CNC(=O)CC1C1C=CC(F)=CC1. The molecule has 2 aromatic rings. The molecule has 164 valence electrons. The van der Waals surface area contributed by atoms with Crippen molar-refractivity contribution in [3.63, 3.8) is 0 Å². The number of allylic oxidation sites excluding steroid dienone is 4. The van der Waals surface area contributed by atoms with E-state index in [-0.39, 0.29) is 24.1 Å². The van der Waals surface area contributed by atoms with E-state index in [0.29, 0.717) is 23.4 Å². The highest BCUT2D eigenvalue weighted by Crippen LogP contribution is 2.34. The Hall–Kier alpha value is -4.08. The molecule has 2 amide bonds. The summed E-state index contributed by atoms with van der Waals surface area (Å²) in [6, 6.07) is 4.90. The lowest BCUT2D eigenvalue weighted by molar-refractivity contribution is -0.122. The van der Waals surface area contributed by atoms with Gasteiger partial charge >= 0.3 is 5.69 Å². The van der Waals surface area contributed by atoms with Crippen molar-refractivity contribution in [2.45, 2.75) is 19.8 Å². The van der Waals surface area contributed by atoms with E-state index in [1.807, 2.05) is 0 Å². The molecule has 0 saturated heterocycles. The quantitative estimate of drug-likeness (QED) is 0.670. The predicted molar refractivity (Wildman–Crippen MR) is 115 cm³/mol. The third-order valence-electron chi connectivity index (χ3n) is 5.49. The Morgan fingerprint density at radius 1 is 1.28 bits per heavy atom. The van der Waals surface area contributed by atoms with E-state index >= 15 is 0 Å². The van der Waals surface area contributed by atoms with Gasteiger partial charge in [0, 0.05) is 29.8 Å². The van der Waals surface area contributed by atoms with Crippen molar-refractivity contribution >= 4 is 17.5 Å². The minimum Gasteiger partial charge on any atom is -0.332 e. The number of hydrogen-bond acceptors (Lipinski definition) is 5. The summed E-state index contributed by atoms with van der Waals surface area (Å²) >= 11 is 0. The molecule has 0 radical (unpaired) electrons. The molecule has 2 aliphatic rings. The fourth-order valence-electron chi connectivity index (χ4n) is 3.77. The first-order valence-electron chi connectivity index (χ1n) is 9.96. The van der Waals surface area contributed by atoms with Crippen molar-refractivity contribution in [1.29, 1.82) is 0 Å². The summed E-state index contributed by atoms with van der Waals surface area (Å²) in [4.78, 5) is 50.5. The number of aromatic nitrogens is 3. The highest BCUT2D eigenvalue weighted by atomic mass is 19.1. The molecule has 0 spiro atoms. The molecule has 2 heterocycles. The average molecular weight is 437 g/mol. The molecule has 2 atom stereocenters. The van der Waals surface area contributed by atoms with E-state index in [2.05, 4.69) is 20.7 Å². The molecule has 0 saturated carbocycles. The van der Waals surface area contributed by atoms with Gasteiger partial charge in [-0.05, 0) is 49.1 Å². The van der Waals surface area contributed by atoms with Crippen molar-refractivity contribution in [3.05, 3.63) is 86.6 Å². The van der Waals surface area contributed by atoms with Gasteiger partial charge in [-0.2, -0.15) is 9.78 Å². The van der Waals surface area contributed by atoms with Crippen LogP contribution in [0.2, 0.25) is 0 Å². The van der Waals surface area contributed by atoms with Crippen LogP contribution in [0.4, 0.5) is 10.1 Å². The van der Waals surface area contributed by atoms with Crippen LogP contribution in [0.25, 0.3) is 5.69 Å². The molecule has 0 fully saturated rings. The van der Waals surface area contributed by atoms with Crippen LogP contribution in [0, 0.1) is 18.8 Å². The maximum atomic E-state index is 13.4. The largest absolute Gasteiger partial charge is 0.349 e. The molecule has 1 aromatic heterocycles. The van der Waals surface area contributed by atoms with Crippen molar-refractivity contribution < 1.29 is 14.0 Å². The highest BCUT2D eigenvalue weighted by molar-refractivity contribution is 6.06. The summed E-state index contributed by atoms with van der Waals surface area (Å²) in [6.07, 6.45) is 7.34. The van der Waals surface area contributed by atoms with Gasteiger partial charge in [0.1, 0.15) is 12.0 Å². The standard InChI is InChI=1S/C22H20FN5O4/c1-12-2-7-15(28-22(32)27-20(30)11-25-28)8-18(12)26-21(31)17-10-24-19(29)9-16(17)13-3-5-14(23)6-4-13/h2-3,5-8,10-11,13,16H,4,9H2,1H3,(H,24,29)(H,26,31)(H,27,30,32). The molecule has 32 heavy (non-hydrogen) atoms. The Labute approximate surface area is 181 Å². The van der Waals surface area contributed by atoms with Gasteiger partial charge in [-0.25, -0.2) is 9.18 Å². The third kappa shape index (κ3) is 4.34. The summed E-state index contributed by atoms with van der Waals surface area (Å²) in [7, 11) is 0. The van der Waals surface area contributed by atoms with Crippen LogP contribution in [-0.2, 0) is 9.59 Å². The summed E-state index contributed by atoms with van der Waals surface area (Å²) in [5, 5.41) is 9.22. The monoisotopic (exact) mass is 437 g/mol. The van der Waals surface area contributed by atoms with Gasteiger partial charge in [0.05, 0.1) is 5.69 Å². The first-order valence-corrected chi connectivity index (χ1v) is 9.96. The Kier molecular flexibility index (Phi) is 5.67. The Bertz CT molecular complexity index is 1300. The molecule has 10 heteroatoms. The molecule has 1 aromatic carbocycles. The van der Waals surface area contributed by atoms with Crippen LogP contribution < -0.4 is 21.9 Å². The number of hydrogen-bond donors (Lipinski definition) is 3. The van der Waals surface area contributed by atoms with Crippen molar-refractivity contribution in [2.75, 3.05) is 5.32 Å². The molecular formula is C22H20FN5O4. The third-order valence-corrected chi connectivity index (χ3v) is 5.49. The minimum atomic E-state index is -0.708. The van der Waals surface area contributed by atoms with Gasteiger partial charge in [0.2, 0.25) is 5.91 Å². The second-order valence-corrected chi connectivity index (χ2v) is 7.63. The summed E-state index contributed by atoms with van der Waals surface area (Å²) < 4.78 is 14.4. The Morgan fingerprint density at radius 3 is 2.81 bits per heavy atom. The number of aromatic amines is 1. The lowest BCUT2D eigenvalue weighted by Crippen LogP contribution is -2.36. The van der Waals surface area contributed by atoms with Crippen LogP contribution in [0.1, 0.15) is 18.4 Å². The van der Waals surface area contributed by atoms with Crippen LogP contribution in [0.3, 0.4) is 0 Å². The molecule has 9 nitrogen and oxygen atoms in total. The number of aryl methyl sites for hydroxylation is 1. The first-order chi connectivity index (χ1) is 15.3. The molecule has 1 aliphatic heterocycles. The number of amides is 2. The van der Waals surface area contributed by atoms with Crippen LogP contribution in [0.5, 0.6) is 0 Å². The van der Waals surface area contributed by atoms with Gasteiger partial charge in [-0.1, -0.05) is 12.1 Å². The number of carbonyl (C=O) groups is 2. The van der Waals surface area contributed by atoms with Gasteiger partial charge in [-0.3, -0.25) is 19.4 Å². The second-order valence-electron chi connectivity index (χ2n) is 7.63. The van der Waals surface area contributed by atoms with Crippen LogP contribution in [-0.4, -0.2) is 26.6 Å². The van der Waals surface area contributed by atoms with E-state index in [1.165, 1.54) is 18.4 Å². The highest BCUT2D eigenvalue weighted by Gasteiger charge is 2.33. The lowest BCUT2D eigenvalue weighted by atomic mass is 9.78. The summed E-state index contributed by atoms with van der Waals surface area (Å²) in [5.74, 6) is -1.56. The van der Waals surface area contributed by atoms with Gasteiger partial charge in [0.25, 0.3) is 11.5 Å². The summed E-state index contributed by atoms with van der Waals surface area (Å²) in [5.41, 5.74) is 0.578. The fraction of sp³-hybridized carbons (Fsp3) is 0.227. The smallest absolute Gasteiger partial charge is 0.332 e. The topological polar surface area (TPSA) is 126 Å².